The van der Waals surface area contributed by atoms with Crippen molar-refractivity contribution in [3.63, 3.8) is 0 Å². The third-order valence-corrected chi connectivity index (χ3v) is 2.59. The number of carbonyl (C=O) groups excluding carboxylic acids is 1. The molecule has 0 saturated heterocycles. The Morgan fingerprint density at radius 1 is 1.22 bits per heavy atom. The molecule has 0 bridgehead atoms. The highest BCUT2D eigenvalue weighted by Gasteiger charge is 2.27. The van der Waals surface area contributed by atoms with Gasteiger partial charge < -0.3 is 23.7 Å². The molecule has 96 valence electrons. The molecule has 0 saturated carbocycles. The van der Waals surface area contributed by atoms with Crippen LogP contribution in [0.3, 0.4) is 0 Å². The Bertz CT molecular complexity index is 598. The second kappa shape index (κ2) is 4.48. The van der Waals surface area contributed by atoms with E-state index in [0.717, 1.165) is 0 Å². The number of furan rings is 1. The average molecular weight is 252 g/mol. The monoisotopic (exact) mass is 252 g/mol. The normalized spacial score (nSPS) is 10.4. The maximum Gasteiger partial charge on any atom is 0.345 e. The maximum absolute atomic E-state index is 11.7. The van der Waals surface area contributed by atoms with Crippen molar-refractivity contribution in [2.45, 2.75) is 0 Å². The number of rotatable bonds is 3. The quantitative estimate of drug-likeness (QED) is 0.841. The van der Waals surface area contributed by atoms with Crippen LogP contribution in [0.1, 0.15) is 10.4 Å². The first-order chi connectivity index (χ1) is 8.65. The van der Waals surface area contributed by atoms with Crippen LogP contribution in [0.2, 0.25) is 0 Å². The summed E-state index contributed by atoms with van der Waals surface area (Å²) in [5.74, 6) is -0.838. The number of hydrogen-bond donors (Lipinski definition) is 1. The van der Waals surface area contributed by atoms with E-state index in [4.69, 9.17) is 13.9 Å². The van der Waals surface area contributed by atoms with E-state index in [2.05, 4.69) is 4.74 Å². The lowest BCUT2D eigenvalue weighted by Gasteiger charge is -2.12. The highest BCUT2D eigenvalue weighted by atomic mass is 16.5. The first-order valence-corrected chi connectivity index (χ1v) is 5.08. The number of phenols is 1. The summed E-state index contributed by atoms with van der Waals surface area (Å²) in [6, 6.07) is 1.61. The molecule has 6 nitrogen and oxygen atoms in total. The van der Waals surface area contributed by atoms with Crippen LogP contribution in [-0.2, 0) is 4.74 Å². The van der Waals surface area contributed by atoms with E-state index < -0.39 is 5.97 Å². The number of carbonyl (C=O) groups is 1. The van der Waals surface area contributed by atoms with Gasteiger partial charge in [0.1, 0.15) is 11.3 Å². The Hall–Kier alpha value is -2.37. The van der Waals surface area contributed by atoms with Gasteiger partial charge in [-0.05, 0) is 6.07 Å². The van der Waals surface area contributed by atoms with Crippen LogP contribution >= 0.6 is 0 Å². The minimum atomic E-state index is -0.717. The molecule has 6 heteroatoms. The van der Waals surface area contributed by atoms with E-state index >= 15 is 0 Å². The molecule has 0 spiro atoms. The lowest BCUT2D eigenvalue weighted by molar-refractivity contribution is 0.0593. The Labute approximate surface area is 103 Å². The van der Waals surface area contributed by atoms with Crippen molar-refractivity contribution in [2.75, 3.05) is 21.3 Å². The van der Waals surface area contributed by atoms with Crippen molar-refractivity contribution in [3.8, 4) is 17.2 Å². The molecular weight excluding hydrogens is 240 g/mol. The first kappa shape index (κ1) is 12.1. The van der Waals surface area contributed by atoms with Gasteiger partial charge in [-0.3, -0.25) is 0 Å². The van der Waals surface area contributed by atoms with Crippen LogP contribution in [0.25, 0.3) is 11.0 Å². The van der Waals surface area contributed by atoms with E-state index in [-0.39, 0.29) is 22.8 Å². The third kappa shape index (κ3) is 1.54. The zero-order chi connectivity index (χ0) is 13.3. The topological polar surface area (TPSA) is 78.1 Å². The van der Waals surface area contributed by atoms with Crippen molar-refractivity contribution < 1.29 is 28.5 Å². The third-order valence-electron chi connectivity index (χ3n) is 2.59. The average Bonchev–Trinajstić information content (AvgIpc) is 2.85. The molecule has 0 atom stereocenters. The molecule has 0 amide bonds. The van der Waals surface area contributed by atoms with Gasteiger partial charge in [-0.25, -0.2) is 4.79 Å². The highest BCUT2D eigenvalue weighted by Crippen LogP contribution is 2.45. The smallest absolute Gasteiger partial charge is 0.345 e. The summed E-state index contributed by atoms with van der Waals surface area (Å²) in [7, 11) is 3.97. The molecular formula is C12H12O6. The van der Waals surface area contributed by atoms with E-state index in [1.807, 2.05) is 0 Å². The van der Waals surface area contributed by atoms with Gasteiger partial charge in [0.2, 0.25) is 5.75 Å². The number of esters is 1. The molecule has 0 unspecified atom stereocenters. The summed E-state index contributed by atoms with van der Waals surface area (Å²) in [6.07, 6.45) is 1.41. The van der Waals surface area contributed by atoms with E-state index in [1.54, 1.807) is 6.07 Å². The van der Waals surface area contributed by atoms with Gasteiger partial charge in [-0.15, -0.1) is 0 Å². The van der Waals surface area contributed by atoms with E-state index in [1.165, 1.54) is 27.6 Å². The molecule has 0 aliphatic rings. The number of aromatic hydroxyl groups is 1. The summed E-state index contributed by atoms with van der Waals surface area (Å²) in [5.41, 5.74) is 0.213. The lowest BCUT2D eigenvalue weighted by atomic mass is 10.1. The molecule has 0 aliphatic heterocycles. The van der Waals surface area contributed by atoms with Gasteiger partial charge in [0, 0.05) is 0 Å². The van der Waals surface area contributed by atoms with Crippen molar-refractivity contribution in [1.82, 2.24) is 0 Å². The molecule has 0 radical (unpaired) electrons. The fourth-order valence-corrected chi connectivity index (χ4v) is 1.82. The number of fused-ring (bicyclic) bond motifs is 1. The largest absolute Gasteiger partial charge is 0.503 e. The molecule has 1 N–H and O–H groups in total. The van der Waals surface area contributed by atoms with Crippen LogP contribution in [-0.4, -0.2) is 32.4 Å². The van der Waals surface area contributed by atoms with Crippen LogP contribution in [0.4, 0.5) is 0 Å². The predicted molar refractivity (Wildman–Crippen MR) is 62.3 cm³/mol. The number of hydrogen-bond acceptors (Lipinski definition) is 6. The minimum Gasteiger partial charge on any atom is -0.503 e. The molecule has 1 aromatic heterocycles. The van der Waals surface area contributed by atoms with E-state index in [9.17, 15) is 9.90 Å². The minimum absolute atomic E-state index is 0.0659. The molecule has 0 fully saturated rings. The highest BCUT2D eigenvalue weighted by molar-refractivity contribution is 6.05. The van der Waals surface area contributed by atoms with Gasteiger partial charge in [0.05, 0.1) is 33.0 Å². The molecule has 2 rings (SSSR count). The number of benzene rings is 1. The Balaban J connectivity index is 2.90. The number of ether oxygens (including phenoxy) is 3. The maximum atomic E-state index is 11.7. The lowest BCUT2D eigenvalue weighted by Crippen LogP contribution is -2.06. The predicted octanol–water partition coefficient (Wildman–Crippen LogP) is 1.94. The van der Waals surface area contributed by atoms with Gasteiger partial charge in [0.15, 0.2) is 11.3 Å². The summed E-state index contributed by atoms with van der Waals surface area (Å²) < 4.78 is 20.0. The summed E-state index contributed by atoms with van der Waals surface area (Å²) >= 11 is 0. The first-order valence-electron chi connectivity index (χ1n) is 5.08. The SMILES string of the molecule is COC(=O)c1c(O)c(OC)c2occc2c1OC. The molecule has 1 heterocycles. The van der Waals surface area contributed by atoms with E-state index in [0.29, 0.717) is 11.0 Å². The summed E-state index contributed by atoms with van der Waals surface area (Å²) in [6.45, 7) is 0. The van der Waals surface area contributed by atoms with Gasteiger partial charge in [-0.2, -0.15) is 0 Å². The Morgan fingerprint density at radius 2 is 1.89 bits per heavy atom. The fraction of sp³-hybridized carbons (Fsp3) is 0.250. The fourth-order valence-electron chi connectivity index (χ4n) is 1.82. The summed E-state index contributed by atoms with van der Waals surface area (Å²) in [5, 5.41) is 10.6. The standard InChI is InChI=1S/C12H12O6/c1-15-9-6-4-5-18-10(6)11(16-2)8(13)7(9)12(14)17-3/h4-5,13H,1-3H3. The van der Waals surface area contributed by atoms with Crippen LogP contribution in [0.15, 0.2) is 16.7 Å². The van der Waals surface area contributed by atoms with Gasteiger partial charge in [0.25, 0.3) is 0 Å². The van der Waals surface area contributed by atoms with Crippen molar-refractivity contribution in [3.05, 3.63) is 17.9 Å². The summed E-state index contributed by atoms with van der Waals surface area (Å²) in [4.78, 5) is 11.7. The zero-order valence-electron chi connectivity index (χ0n) is 10.1. The Kier molecular flexibility index (Phi) is 3.01. The Morgan fingerprint density at radius 3 is 2.44 bits per heavy atom. The van der Waals surface area contributed by atoms with Crippen LogP contribution in [0, 0.1) is 0 Å². The zero-order valence-corrected chi connectivity index (χ0v) is 10.1. The number of phenolic OH excluding ortho intramolecular Hbond substituents is 1. The van der Waals surface area contributed by atoms with Crippen LogP contribution < -0.4 is 9.47 Å². The van der Waals surface area contributed by atoms with Gasteiger partial charge >= 0.3 is 5.97 Å². The second-order valence-electron chi connectivity index (χ2n) is 3.45. The number of methoxy groups -OCH3 is 3. The van der Waals surface area contributed by atoms with Crippen LogP contribution in [0.5, 0.6) is 17.2 Å². The molecule has 1 aromatic carbocycles. The second-order valence-corrected chi connectivity index (χ2v) is 3.45. The van der Waals surface area contributed by atoms with Crippen molar-refractivity contribution >= 4 is 16.9 Å². The van der Waals surface area contributed by atoms with Gasteiger partial charge in [-0.1, -0.05) is 0 Å². The molecule has 18 heavy (non-hydrogen) atoms. The van der Waals surface area contributed by atoms with Crippen molar-refractivity contribution in [1.29, 1.82) is 0 Å². The molecule has 2 aromatic rings. The van der Waals surface area contributed by atoms with Crippen molar-refractivity contribution in [2.24, 2.45) is 0 Å². The molecule has 0 aliphatic carbocycles.